The van der Waals surface area contributed by atoms with E-state index in [1.807, 2.05) is 17.7 Å². The Hall–Kier alpha value is -3.74. The average molecular weight is 461 g/mol. The number of hydrogen-bond donors (Lipinski definition) is 0. The second-order valence-electron chi connectivity index (χ2n) is 9.39. The zero-order valence-corrected chi connectivity index (χ0v) is 19.0. The topological polar surface area (TPSA) is 94.2 Å². The zero-order chi connectivity index (χ0) is 23.4. The van der Waals surface area contributed by atoms with Crippen molar-refractivity contribution < 1.29 is 9.18 Å². The molecule has 0 aromatic carbocycles. The highest BCUT2D eigenvalue weighted by atomic mass is 19.1. The number of alkyl halides is 1. The predicted molar refractivity (Wildman–Crippen MR) is 125 cm³/mol. The normalized spacial score (nSPS) is 21.3. The first-order chi connectivity index (χ1) is 16.5. The Morgan fingerprint density at radius 1 is 1.18 bits per heavy atom. The number of carbonyl (C=O) groups excluding carboxylic acids is 1. The van der Waals surface area contributed by atoms with Crippen molar-refractivity contribution >= 4 is 28.4 Å². The Bertz CT molecular complexity index is 1320. The van der Waals surface area contributed by atoms with Crippen LogP contribution in [0.2, 0.25) is 0 Å². The molecule has 1 aliphatic carbocycles. The number of piperazine rings is 1. The summed E-state index contributed by atoms with van der Waals surface area (Å²) in [4.78, 5) is 32.5. The first-order valence-corrected chi connectivity index (χ1v) is 11.7. The van der Waals surface area contributed by atoms with E-state index >= 15 is 0 Å². The smallest absolute Gasteiger partial charge is 0.260 e. The molecule has 0 spiro atoms. The largest absolute Gasteiger partial charge is 0.369 e. The fourth-order valence-corrected chi connectivity index (χ4v) is 4.89. The van der Waals surface area contributed by atoms with Gasteiger partial charge in [0, 0.05) is 51.2 Å². The number of halogens is 1. The molecule has 1 atom stereocenters. The quantitative estimate of drug-likeness (QED) is 0.590. The lowest BCUT2D eigenvalue weighted by Crippen LogP contribution is -2.56. The van der Waals surface area contributed by atoms with Gasteiger partial charge in [-0.2, -0.15) is 5.26 Å². The van der Waals surface area contributed by atoms with Gasteiger partial charge in [0.2, 0.25) is 0 Å². The minimum Gasteiger partial charge on any atom is -0.369 e. The van der Waals surface area contributed by atoms with Crippen LogP contribution in [0.1, 0.15) is 31.7 Å². The van der Waals surface area contributed by atoms with Crippen LogP contribution in [0.15, 0.2) is 30.9 Å². The van der Waals surface area contributed by atoms with E-state index in [1.54, 1.807) is 29.6 Å². The van der Waals surface area contributed by atoms with E-state index in [-0.39, 0.29) is 11.9 Å². The SMILES string of the molecule is C[C@@H]1CN(c2ncnc3c2c(N2CCC2)cn3-c2cc(C#N)ccn2)CCN1C(=O)C1(F)CC1. The van der Waals surface area contributed by atoms with Crippen molar-refractivity contribution in [3.63, 3.8) is 0 Å². The van der Waals surface area contributed by atoms with Crippen LogP contribution in [0.25, 0.3) is 16.9 Å². The lowest BCUT2D eigenvalue weighted by Gasteiger charge is -2.41. The summed E-state index contributed by atoms with van der Waals surface area (Å²) >= 11 is 0. The number of pyridine rings is 1. The number of amides is 1. The van der Waals surface area contributed by atoms with E-state index in [9.17, 15) is 14.4 Å². The van der Waals surface area contributed by atoms with Crippen molar-refractivity contribution in [3.05, 3.63) is 36.4 Å². The molecule has 0 N–H and O–H groups in total. The third-order valence-corrected chi connectivity index (χ3v) is 7.12. The van der Waals surface area contributed by atoms with Gasteiger partial charge in [-0.25, -0.2) is 19.3 Å². The molecule has 34 heavy (non-hydrogen) atoms. The maximum atomic E-state index is 14.4. The number of fused-ring (bicyclic) bond motifs is 1. The Balaban J connectivity index is 1.39. The summed E-state index contributed by atoms with van der Waals surface area (Å²) in [5.74, 6) is 1.06. The second-order valence-corrected chi connectivity index (χ2v) is 9.39. The third-order valence-electron chi connectivity index (χ3n) is 7.12. The number of rotatable bonds is 4. The Kier molecular flexibility index (Phi) is 4.69. The van der Waals surface area contributed by atoms with Crippen LogP contribution < -0.4 is 9.80 Å². The molecule has 1 saturated carbocycles. The van der Waals surface area contributed by atoms with E-state index in [2.05, 4.69) is 30.8 Å². The molecule has 10 heteroatoms. The van der Waals surface area contributed by atoms with Crippen LogP contribution in [0, 0.1) is 11.3 Å². The van der Waals surface area contributed by atoms with Crippen LogP contribution in [0.5, 0.6) is 0 Å². The molecule has 0 bridgehead atoms. The number of aromatic nitrogens is 4. The molecule has 5 heterocycles. The molecule has 0 radical (unpaired) electrons. The van der Waals surface area contributed by atoms with Crippen LogP contribution in [-0.2, 0) is 4.79 Å². The molecule has 3 aromatic rings. The van der Waals surface area contributed by atoms with Crippen molar-refractivity contribution in [1.82, 2.24) is 24.4 Å². The van der Waals surface area contributed by atoms with Crippen molar-refractivity contribution in [2.24, 2.45) is 0 Å². The van der Waals surface area contributed by atoms with Gasteiger partial charge in [0.05, 0.1) is 22.7 Å². The van der Waals surface area contributed by atoms with Gasteiger partial charge in [0.1, 0.15) is 18.0 Å². The van der Waals surface area contributed by atoms with E-state index < -0.39 is 5.67 Å². The van der Waals surface area contributed by atoms with Crippen LogP contribution >= 0.6 is 0 Å². The van der Waals surface area contributed by atoms with Crippen LogP contribution in [0.4, 0.5) is 15.9 Å². The molecule has 3 aromatic heterocycles. The first kappa shape index (κ1) is 20.8. The third kappa shape index (κ3) is 3.26. The van der Waals surface area contributed by atoms with Gasteiger partial charge < -0.3 is 14.7 Å². The van der Waals surface area contributed by atoms with Gasteiger partial charge in [-0.15, -0.1) is 0 Å². The summed E-state index contributed by atoms with van der Waals surface area (Å²) in [7, 11) is 0. The molecule has 3 fully saturated rings. The van der Waals surface area contributed by atoms with E-state index in [4.69, 9.17) is 0 Å². The molecule has 6 rings (SSSR count). The maximum absolute atomic E-state index is 14.4. The lowest BCUT2D eigenvalue weighted by atomic mass is 10.1. The fourth-order valence-electron chi connectivity index (χ4n) is 4.89. The minimum absolute atomic E-state index is 0.122. The van der Waals surface area contributed by atoms with Crippen molar-refractivity contribution in [3.8, 4) is 11.9 Å². The van der Waals surface area contributed by atoms with Gasteiger partial charge in [-0.3, -0.25) is 9.36 Å². The Labute approximate surface area is 196 Å². The maximum Gasteiger partial charge on any atom is 0.260 e. The second kappa shape index (κ2) is 7.65. The van der Waals surface area contributed by atoms with Gasteiger partial charge in [-0.1, -0.05) is 0 Å². The summed E-state index contributed by atoms with van der Waals surface area (Å²) in [5.41, 5.74) is 0.641. The molecule has 9 nitrogen and oxygen atoms in total. The number of carbonyl (C=O) groups is 1. The number of anilines is 2. The molecule has 2 saturated heterocycles. The van der Waals surface area contributed by atoms with Crippen LogP contribution in [0.3, 0.4) is 0 Å². The summed E-state index contributed by atoms with van der Waals surface area (Å²) in [6.45, 7) is 5.48. The fraction of sp³-hybridized carbons (Fsp3) is 0.458. The minimum atomic E-state index is -1.65. The highest BCUT2D eigenvalue weighted by Crippen LogP contribution is 2.43. The number of hydrogen-bond acceptors (Lipinski definition) is 7. The first-order valence-electron chi connectivity index (χ1n) is 11.7. The highest BCUT2D eigenvalue weighted by molar-refractivity contribution is 6.01. The molecule has 3 aliphatic rings. The van der Waals surface area contributed by atoms with Crippen molar-refractivity contribution in [2.45, 2.75) is 37.9 Å². The van der Waals surface area contributed by atoms with Crippen molar-refractivity contribution in [2.75, 3.05) is 42.5 Å². The van der Waals surface area contributed by atoms with Gasteiger partial charge in [-0.05, 0) is 38.3 Å². The average Bonchev–Trinajstić information content (AvgIpc) is 3.47. The molecular formula is C24H25FN8O. The molecule has 0 unspecified atom stereocenters. The monoisotopic (exact) mass is 460 g/mol. The van der Waals surface area contributed by atoms with Gasteiger partial charge in [0.15, 0.2) is 11.3 Å². The van der Waals surface area contributed by atoms with Gasteiger partial charge in [0.25, 0.3) is 5.91 Å². The van der Waals surface area contributed by atoms with E-state index in [1.165, 1.54) is 0 Å². The summed E-state index contributed by atoms with van der Waals surface area (Å²) < 4.78 is 16.3. The summed E-state index contributed by atoms with van der Waals surface area (Å²) in [6, 6.07) is 5.47. The standard InChI is InChI=1S/C24H25FN8O/c1-16-13-31(9-10-32(16)23(34)24(25)4-5-24)21-20-18(30-7-2-8-30)14-33(22(20)29-15-28-21)19-11-17(12-26)3-6-27-19/h3,6,11,14-16H,2,4-5,7-10,13H2,1H3/t16-/m1/s1. The predicted octanol–water partition coefficient (Wildman–Crippen LogP) is 2.44. The summed E-state index contributed by atoms with van der Waals surface area (Å²) in [6.07, 6.45) is 6.99. The van der Waals surface area contributed by atoms with Crippen LogP contribution in [-0.4, -0.2) is 74.8 Å². The lowest BCUT2D eigenvalue weighted by molar-refractivity contribution is -0.140. The number of nitriles is 1. The molecule has 174 valence electrons. The summed E-state index contributed by atoms with van der Waals surface area (Å²) in [5, 5.41) is 10.3. The van der Waals surface area contributed by atoms with E-state index in [0.29, 0.717) is 43.9 Å². The Morgan fingerprint density at radius 2 is 2.00 bits per heavy atom. The van der Waals surface area contributed by atoms with Gasteiger partial charge >= 0.3 is 0 Å². The Morgan fingerprint density at radius 3 is 2.68 bits per heavy atom. The van der Waals surface area contributed by atoms with Crippen molar-refractivity contribution in [1.29, 1.82) is 5.26 Å². The molecule has 1 amide bonds. The molecular weight excluding hydrogens is 435 g/mol. The highest BCUT2D eigenvalue weighted by Gasteiger charge is 2.54. The zero-order valence-electron chi connectivity index (χ0n) is 19.0. The molecule has 2 aliphatic heterocycles. The van der Waals surface area contributed by atoms with E-state index in [0.717, 1.165) is 42.0 Å². The number of nitrogens with zero attached hydrogens (tertiary/aromatic N) is 8.